The molecule has 0 radical (unpaired) electrons. The third kappa shape index (κ3) is 2.81. The van der Waals surface area contributed by atoms with Gasteiger partial charge in [-0.25, -0.2) is 0 Å². The van der Waals surface area contributed by atoms with E-state index in [9.17, 15) is 14.4 Å². The molecule has 0 aliphatic rings. The molecule has 0 unspecified atom stereocenters. The van der Waals surface area contributed by atoms with Gasteiger partial charge in [0.2, 0.25) is 0 Å². The molecule has 0 aliphatic heterocycles. The molecule has 0 atom stereocenters. The second-order valence-electron chi connectivity index (χ2n) is 5.49. The van der Waals surface area contributed by atoms with Crippen LogP contribution in [0.15, 0.2) is 84.9 Å². The topological polar surface area (TPSA) is 57.5 Å². The van der Waals surface area contributed by atoms with Gasteiger partial charge in [-0.15, -0.1) is 0 Å². The van der Waals surface area contributed by atoms with Crippen LogP contribution >= 0.6 is 19.2 Å². The first-order chi connectivity index (χ1) is 11.5. The van der Waals surface area contributed by atoms with Crippen molar-refractivity contribution in [2.75, 3.05) is 0 Å². The molecule has 122 valence electrons. The zero-order valence-corrected chi connectivity index (χ0v) is 14.4. The quantitative estimate of drug-likeness (QED) is 0.520. The number of rotatable bonds is 4. The van der Waals surface area contributed by atoms with E-state index < -0.39 is 12.8 Å². The Morgan fingerprint density at radius 2 is 1.04 bits per heavy atom. The van der Waals surface area contributed by atoms with Gasteiger partial charge in [0.25, 0.3) is 0 Å². The molecule has 5 heteroatoms. The zero-order valence-electron chi connectivity index (χ0n) is 12.7. The normalized spacial score (nSPS) is 12.1. The van der Waals surface area contributed by atoms with Crippen LogP contribution < -0.4 is 0 Å². The molecule has 24 heavy (non-hydrogen) atoms. The molecule has 3 aromatic carbocycles. The lowest BCUT2D eigenvalue weighted by atomic mass is 9.84. The molecular weight excluding hydrogens is 343 g/mol. The van der Waals surface area contributed by atoms with Crippen molar-refractivity contribution in [1.29, 1.82) is 0 Å². The summed E-state index contributed by atoms with van der Waals surface area (Å²) < 4.78 is 12.8. The van der Waals surface area contributed by atoms with E-state index in [-0.39, 0.29) is 0 Å². The summed E-state index contributed by atoms with van der Waals surface area (Å²) in [6.45, 7) is 0. The zero-order chi connectivity index (χ0) is 17.2. The van der Waals surface area contributed by atoms with Gasteiger partial charge in [-0.05, 0) is 28.8 Å². The van der Waals surface area contributed by atoms with E-state index in [1.54, 1.807) is 72.8 Å². The van der Waals surface area contributed by atoms with Gasteiger partial charge in [-0.3, -0.25) is 4.57 Å². The number of benzene rings is 3. The lowest BCUT2D eigenvalue weighted by Gasteiger charge is -2.36. The van der Waals surface area contributed by atoms with E-state index >= 15 is 0 Å². The van der Waals surface area contributed by atoms with E-state index in [1.165, 1.54) is 0 Å². The second-order valence-corrected chi connectivity index (χ2v) is 7.69. The number of halogens is 1. The SMILES string of the molecule is O=P(O)(O)C(c1ccccc1)(c1ccccc1)c1ccc(Cl)cc1. The lowest BCUT2D eigenvalue weighted by Crippen LogP contribution is -2.29. The maximum atomic E-state index is 12.8. The summed E-state index contributed by atoms with van der Waals surface area (Å²) >= 11 is 5.97. The highest BCUT2D eigenvalue weighted by Gasteiger charge is 2.51. The first kappa shape index (κ1) is 16.9. The molecule has 0 amide bonds. The van der Waals surface area contributed by atoms with E-state index in [0.717, 1.165) is 0 Å². The summed E-state index contributed by atoms with van der Waals surface area (Å²) in [7, 11) is -4.63. The molecule has 3 nitrogen and oxygen atoms in total. The van der Waals surface area contributed by atoms with Crippen molar-refractivity contribution in [3.63, 3.8) is 0 Å². The van der Waals surface area contributed by atoms with Crippen molar-refractivity contribution in [2.45, 2.75) is 5.16 Å². The standard InChI is InChI=1S/C19H16ClO3P/c20-18-13-11-17(12-14-18)19(24(21,22)23,15-7-3-1-4-8-15)16-9-5-2-6-10-16/h1-14H,(H2,21,22,23). The van der Waals surface area contributed by atoms with Crippen LogP contribution in [0.2, 0.25) is 5.02 Å². The fraction of sp³-hybridized carbons (Fsp3) is 0.0526. The van der Waals surface area contributed by atoms with Crippen molar-refractivity contribution < 1.29 is 14.4 Å². The van der Waals surface area contributed by atoms with Gasteiger partial charge in [-0.2, -0.15) is 0 Å². The highest BCUT2D eigenvalue weighted by molar-refractivity contribution is 7.53. The molecule has 0 spiro atoms. The minimum Gasteiger partial charge on any atom is -0.323 e. The van der Waals surface area contributed by atoms with Crippen LogP contribution in [0.3, 0.4) is 0 Å². The Morgan fingerprint density at radius 1 is 0.667 bits per heavy atom. The van der Waals surface area contributed by atoms with Gasteiger partial charge in [0, 0.05) is 5.02 Å². The summed E-state index contributed by atoms with van der Waals surface area (Å²) in [5, 5.41) is -1.07. The van der Waals surface area contributed by atoms with Gasteiger partial charge in [0.05, 0.1) is 0 Å². The third-order valence-electron chi connectivity index (χ3n) is 4.08. The van der Waals surface area contributed by atoms with Gasteiger partial charge in [-0.1, -0.05) is 84.4 Å². The summed E-state index contributed by atoms with van der Waals surface area (Å²) in [4.78, 5) is 20.9. The molecular formula is C19H16ClO3P. The van der Waals surface area contributed by atoms with Gasteiger partial charge >= 0.3 is 7.60 Å². The Morgan fingerprint density at radius 3 is 1.42 bits per heavy atom. The highest BCUT2D eigenvalue weighted by Crippen LogP contribution is 2.64. The van der Waals surface area contributed by atoms with E-state index in [2.05, 4.69) is 0 Å². The van der Waals surface area contributed by atoms with E-state index in [1.807, 2.05) is 12.1 Å². The van der Waals surface area contributed by atoms with E-state index in [0.29, 0.717) is 21.7 Å². The molecule has 0 aliphatic carbocycles. The van der Waals surface area contributed by atoms with Crippen LogP contribution in [0.4, 0.5) is 0 Å². The molecule has 0 bridgehead atoms. The average Bonchev–Trinajstić information content (AvgIpc) is 2.58. The van der Waals surface area contributed by atoms with Crippen LogP contribution in [0.5, 0.6) is 0 Å². The average molecular weight is 359 g/mol. The summed E-state index contributed by atoms with van der Waals surface area (Å²) in [6, 6.07) is 24.3. The molecule has 0 fully saturated rings. The lowest BCUT2D eigenvalue weighted by molar-refractivity contribution is 0.349. The van der Waals surface area contributed by atoms with Crippen LogP contribution in [0.25, 0.3) is 0 Å². The minimum absolute atomic E-state index is 0.498. The minimum atomic E-state index is -4.63. The largest absolute Gasteiger partial charge is 0.344 e. The van der Waals surface area contributed by atoms with Crippen molar-refractivity contribution in [3.05, 3.63) is 107 Å². The van der Waals surface area contributed by atoms with Crippen LogP contribution in [-0.4, -0.2) is 9.79 Å². The Bertz CT molecular complexity index is 819. The fourth-order valence-corrected chi connectivity index (χ4v) is 4.64. The fourth-order valence-electron chi connectivity index (χ4n) is 3.05. The van der Waals surface area contributed by atoms with Crippen LogP contribution in [-0.2, 0) is 9.72 Å². The summed E-state index contributed by atoms with van der Waals surface area (Å²) in [5.74, 6) is 0. The highest BCUT2D eigenvalue weighted by atomic mass is 35.5. The molecule has 0 saturated carbocycles. The molecule has 3 aromatic rings. The predicted octanol–water partition coefficient (Wildman–Crippen LogP) is 4.81. The maximum absolute atomic E-state index is 12.8. The van der Waals surface area contributed by atoms with Crippen molar-refractivity contribution >= 4 is 19.2 Å². The Hall–Kier alpha value is -1.90. The van der Waals surface area contributed by atoms with E-state index in [4.69, 9.17) is 11.6 Å². The van der Waals surface area contributed by atoms with Crippen molar-refractivity contribution in [2.24, 2.45) is 0 Å². The molecule has 0 aromatic heterocycles. The number of hydrogen-bond acceptors (Lipinski definition) is 1. The Kier molecular flexibility index (Phi) is 4.62. The monoisotopic (exact) mass is 358 g/mol. The number of hydrogen-bond donors (Lipinski definition) is 2. The van der Waals surface area contributed by atoms with Crippen LogP contribution in [0, 0.1) is 0 Å². The molecule has 3 rings (SSSR count). The summed E-state index contributed by atoms with van der Waals surface area (Å²) in [6.07, 6.45) is 0. The Labute approximate surface area is 145 Å². The van der Waals surface area contributed by atoms with Gasteiger partial charge in [0.15, 0.2) is 0 Å². The second kappa shape index (κ2) is 6.54. The smallest absolute Gasteiger partial charge is 0.323 e. The molecule has 0 heterocycles. The van der Waals surface area contributed by atoms with Crippen LogP contribution in [0.1, 0.15) is 16.7 Å². The van der Waals surface area contributed by atoms with Gasteiger partial charge < -0.3 is 9.79 Å². The third-order valence-corrected chi connectivity index (χ3v) is 5.98. The predicted molar refractivity (Wildman–Crippen MR) is 96.3 cm³/mol. The molecule has 2 N–H and O–H groups in total. The summed E-state index contributed by atoms with van der Waals surface area (Å²) in [5.41, 5.74) is 1.57. The first-order valence-corrected chi connectivity index (χ1v) is 9.38. The molecule has 0 saturated heterocycles. The first-order valence-electron chi connectivity index (χ1n) is 7.39. The van der Waals surface area contributed by atoms with Crippen molar-refractivity contribution in [1.82, 2.24) is 0 Å². The van der Waals surface area contributed by atoms with Crippen molar-refractivity contribution in [3.8, 4) is 0 Å². The Balaban J connectivity index is 2.42. The maximum Gasteiger partial charge on any atom is 0.344 e. The van der Waals surface area contributed by atoms with Gasteiger partial charge in [0.1, 0.15) is 5.16 Å².